The molecule has 1 N–H and O–H groups in total. The molecule has 4 nitrogen and oxygen atoms in total. The molecule has 1 aromatic carbocycles. The molecule has 1 heterocycles. The lowest BCUT2D eigenvalue weighted by atomic mass is 10.1. The van der Waals surface area contributed by atoms with Crippen molar-refractivity contribution in [2.24, 2.45) is 0 Å². The number of benzene rings is 1. The Morgan fingerprint density at radius 2 is 2.00 bits per heavy atom. The molecule has 0 saturated carbocycles. The highest BCUT2D eigenvalue weighted by molar-refractivity contribution is 5.92. The monoisotopic (exact) mass is 262 g/mol. The maximum atomic E-state index is 12.7. The molecule has 0 aliphatic rings. The lowest BCUT2D eigenvalue weighted by molar-refractivity contribution is 0.0924. The van der Waals surface area contributed by atoms with Crippen molar-refractivity contribution in [2.45, 2.75) is 20.3 Å². The number of hydrogen-bond donors (Lipinski definition) is 1. The normalized spacial score (nSPS) is 10.5. The number of aryl methyl sites for hydroxylation is 2. The van der Waals surface area contributed by atoms with Crippen LogP contribution in [-0.4, -0.2) is 17.4 Å². The first-order valence-electron chi connectivity index (χ1n) is 6.03. The second kappa shape index (κ2) is 5.65. The summed E-state index contributed by atoms with van der Waals surface area (Å²) in [4.78, 5) is 15.9. The molecule has 0 spiro atoms. The largest absolute Gasteiger partial charge is 0.436 e. The second-order valence-electron chi connectivity index (χ2n) is 4.28. The summed E-state index contributed by atoms with van der Waals surface area (Å²) in [5, 5.41) is 2.75. The van der Waals surface area contributed by atoms with E-state index in [-0.39, 0.29) is 17.5 Å². The van der Waals surface area contributed by atoms with Crippen molar-refractivity contribution in [2.75, 3.05) is 6.54 Å². The molecular formula is C14H15FN2O2. The van der Waals surface area contributed by atoms with E-state index in [1.54, 1.807) is 26.0 Å². The number of carbonyl (C=O) groups is 1. The van der Waals surface area contributed by atoms with Crippen molar-refractivity contribution >= 4 is 5.91 Å². The van der Waals surface area contributed by atoms with Crippen molar-refractivity contribution < 1.29 is 13.6 Å². The van der Waals surface area contributed by atoms with E-state index in [1.165, 1.54) is 12.1 Å². The van der Waals surface area contributed by atoms with Gasteiger partial charge >= 0.3 is 0 Å². The molecule has 19 heavy (non-hydrogen) atoms. The standard InChI is InChI=1S/C14H15FN2O2/c1-9-13(19-10(2)17-9)14(18)16-8-7-11-3-5-12(15)6-4-11/h3-6H,7-8H2,1-2H3,(H,16,18). The molecule has 0 aliphatic heterocycles. The Labute approximate surface area is 110 Å². The van der Waals surface area contributed by atoms with Gasteiger partial charge in [0.2, 0.25) is 5.76 Å². The van der Waals surface area contributed by atoms with E-state index in [0.717, 1.165) is 5.56 Å². The third-order valence-electron chi connectivity index (χ3n) is 2.72. The van der Waals surface area contributed by atoms with Crippen LogP contribution in [0.3, 0.4) is 0 Å². The van der Waals surface area contributed by atoms with Crippen molar-refractivity contribution in [1.29, 1.82) is 0 Å². The van der Waals surface area contributed by atoms with Gasteiger partial charge in [0, 0.05) is 13.5 Å². The number of rotatable bonds is 4. The second-order valence-corrected chi connectivity index (χ2v) is 4.28. The van der Waals surface area contributed by atoms with Crippen LogP contribution in [0.15, 0.2) is 28.7 Å². The van der Waals surface area contributed by atoms with Crippen LogP contribution in [0, 0.1) is 19.7 Å². The Bertz CT molecular complexity index is 576. The van der Waals surface area contributed by atoms with Gasteiger partial charge in [0.15, 0.2) is 5.89 Å². The summed E-state index contributed by atoms with van der Waals surface area (Å²) in [7, 11) is 0. The number of carbonyl (C=O) groups excluding carboxylic acids is 1. The van der Waals surface area contributed by atoms with Gasteiger partial charge in [-0.2, -0.15) is 0 Å². The number of amides is 1. The highest BCUT2D eigenvalue weighted by Crippen LogP contribution is 2.09. The minimum Gasteiger partial charge on any atom is -0.436 e. The molecule has 100 valence electrons. The summed E-state index contributed by atoms with van der Waals surface area (Å²) < 4.78 is 17.9. The molecule has 0 atom stereocenters. The van der Waals surface area contributed by atoms with Gasteiger partial charge in [-0.25, -0.2) is 9.37 Å². The van der Waals surface area contributed by atoms with Gasteiger partial charge in [-0.1, -0.05) is 12.1 Å². The topological polar surface area (TPSA) is 55.1 Å². The van der Waals surface area contributed by atoms with Crippen LogP contribution in [-0.2, 0) is 6.42 Å². The molecule has 0 unspecified atom stereocenters. The Morgan fingerprint density at radius 3 is 2.58 bits per heavy atom. The van der Waals surface area contributed by atoms with Crippen LogP contribution < -0.4 is 5.32 Å². The third kappa shape index (κ3) is 3.40. The molecule has 1 aromatic heterocycles. The van der Waals surface area contributed by atoms with Crippen molar-refractivity contribution in [3.05, 3.63) is 53.0 Å². The fourth-order valence-corrected chi connectivity index (χ4v) is 1.79. The Kier molecular flexibility index (Phi) is 3.94. The average Bonchev–Trinajstić information content (AvgIpc) is 2.71. The van der Waals surface area contributed by atoms with E-state index in [2.05, 4.69) is 10.3 Å². The number of nitrogens with zero attached hydrogens (tertiary/aromatic N) is 1. The van der Waals surface area contributed by atoms with Crippen LogP contribution in [0.1, 0.15) is 27.7 Å². The maximum Gasteiger partial charge on any atom is 0.289 e. The Morgan fingerprint density at radius 1 is 1.32 bits per heavy atom. The van der Waals surface area contributed by atoms with Gasteiger partial charge in [-0.3, -0.25) is 4.79 Å². The van der Waals surface area contributed by atoms with E-state index in [4.69, 9.17) is 4.42 Å². The van der Waals surface area contributed by atoms with Gasteiger partial charge in [-0.15, -0.1) is 0 Å². The van der Waals surface area contributed by atoms with E-state index in [0.29, 0.717) is 24.6 Å². The quantitative estimate of drug-likeness (QED) is 0.920. The highest BCUT2D eigenvalue weighted by atomic mass is 19.1. The van der Waals surface area contributed by atoms with Gasteiger partial charge in [0.25, 0.3) is 5.91 Å². The molecule has 0 bridgehead atoms. The van der Waals surface area contributed by atoms with Crippen LogP contribution >= 0.6 is 0 Å². The summed E-state index contributed by atoms with van der Waals surface area (Å²) >= 11 is 0. The summed E-state index contributed by atoms with van der Waals surface area (Å²) in [5.41, 5.74) is 1.55. The van der Waals surface area contributed by atoms with Crippen LogP contribution in [0.4, 0.5) is 4.39 Å². The average molecular weight is 262 g/mol. The zero-order chi connectivity index (χ0) is 13.8. The lowest BCUT2D eigenvalue weighted by Gasteiger charge is -2.03. The Balaban J connectivity index is 1.87. The van der Waals surface area contributed by atoms with E-state index in [1.807, 2.05) is 0 Å². The first-order valence-corrected chi connectivity index (χ1v) is 6.03. The molecule has 2 aromatic rings. The Hall–Kier alpha value is -2.17. The van der Waals surface area contributed by atoms with Crippen molar-refractivity contribution in [1.82, 2.24) is 10.3 Å². The molecule has 0 radical (unpaired) electrons. The summed E-state index contributed by atoms with van der Waals surface area (Å²) in [6, 6.07) is 6.21. The highest BCUT2D eigenvalue weighted by Gasteiger charge is 2.14. The molecule has 1 amide bonds. The van der Waals surface area contributed by atoms with E-state index in [9.17, 15) is 9.18 Å². The number of hydrogen-bond acceptors (Lipinski definition) is 3. The van der Waals surface area contributed by atoms with Crippen LogP contribution in [0.5, 0.6) is 0 Å². The van der Waals surface area contributed by atoms with Gasteiger partial charge in [-0.05, 0) is 31.0 Å². The molecule has 0 saturated heterocycles. The third-order valence-corrected chi connectivity index (χ3v) is 2.72. The van der Waals surface area contributed by atoms with Gasteiger partial charge in [0.05, 0.1) is 5.69 Å². The smallest absolute Gasteiger partial charge is 0.289 e. The predicted molar refractivity (Wildman–Crippen MR) is 68.4 cm³/mol. The minimum atomic E-state index is -0.278. The van der Waals surface area contributed by atoms with Crippen molar-refractivity contribution in [3.63, 3.8) is 0 Å². The molecule has 2 rings (SSSR count). The van der Waals surface area contributed by atoms with E-state index >= 15 is 0 Å². The van der Waals surface area contributed by atoms with Crippen LogP contribution in [0.25, 0.3) is 0 Å². The summed E-state index contributed by atoms with van der Waals surface area (Å²) in [6.45, 7) is 3.89. The molecule has 0 fully saturated rings. The minimum absolute atomic E-state index is 0.247. The molecular weight excluding hydrogens is 247 g/mol. The summed E-state index contributed by atoms with van der Waals surface area (Å²) in [6.07, 6.45) is 0.637. The maximum absolute atomic E-state index is 12.7. The zero-order valence-corrected chi connectivity index (χ0v) is 10.9. The van der Waals surface area contributed by atoms with Gasteiger partial charge < -0.3 is 9.73 Å². The number of halogens is 1. The lowest BCUT2D eigenvalue weighted by Crippen LogP contribution is -2.25. The number of oxazole rings is 1. The predicted octanol–water partition coefficient (Wildman–Crippen LogP) is 2.40. The fourth-order valence-electron chi connectivity index (χ4n) is 1.79. The van der Waals surface area contributed by atoms with Gasteiger partial charge in [0.1, 0.15) is 5.82 Å². The SMILES string of the molecule is Cc1nc(C)c(C(=O)NCCc2ccc(F)cc2)o1. The summed E-state index contributed by atoms with van der Waals surface area (Å²) in [5.74, 6) is 0.179. The number of aromatic nitrogens is 1. The first-order chi connectivity index (χ1) is 9.06. The van der Waals surface area contributed by atoms with Crippen LogP contribution in [0.2, 0.25) is 0 Å². The van der Waals surface area contributed by atoms with Crippen molar-refractivity contribution in [3.8, 4) is 0 Å². The zero-order valence-electron chi connectivity index (χ0n) is 10.9. The molecule has 5 heteroatoms. The number of nitrogens with one attached hydrogen (secondary N) is 1. The van der Waals surface area contributed by atoms with E-state index < -0.39 is 0 Å². The molecule has 0 aliphatic carbocycles. The fraction of sp³-hybridized carbons (Fsp3) is 0.286. The first kappa shape index (κ1) is 13.3.